The van der Waals surface area contributed by atoms with E-state index in [4.69, 9.17) is 4.74 Å². The van der Waals surface area contributed by atoms with E-state index in [1.165, 1.54) is 0 Å². The van der Waals surface area contributed by atoms with Crippen molar-refractivity contribution in [2.24, 2.45) is 5.41 Å². The van der Waals surface area contributed by atoms with Crippen molar-refractivity contribution in [3.63, 3.8) is 0 Å². The van der Waals surface area contributed by atoms with Crippen LogP contribution in [0.4, 0.5) is 0 Å². The van der Waals surface area contributed by atoms with Gasteiger partial charge < -0.3 is 4.74 Å². The molecule has 0 aliphatic carbocycles. The van der Waals surface area contributed by atoms with Gasteiger partial charge in [-0.2, -0.15) is 0 Å². The molecule has 0 saturated carbocycles. The molecule has 0 unspecified atom stereocenters. The van der Waals surface area contributed by atoms with Gasteiger partial charge in [0.25, 0.3) is 0 Å². The van der Waals surface area contributed by atoms with E-state index in [2.05, 4.69) is 26.8 Å². The number of carbonyl (C=O) groups excluding carboxylic acids is 1. The zero-order chi connectivity index (χ0) is 13.0. The fraction of sp³-hybridized carbons (Fsp3) is 0.643. The summed E-state index contributed by atoms with van der Waals surface area (Å²) < 4.78 is 5.24. The van der Waals surface area contributed by atoms with Gasteiger partial charge in [-0.3, -0.25) is 0 Å². The molecule has 16 heavy (non-hydrogen) atoms. The molecule has 0 bridgehead atoms. The molecule has 0 saturated heterocycles. The highest BCUT2D eigenvalue weighted by Crippen LogP contribution is 2.15. The largest absolute Gasteiger partial charge is 0.457 e. The summed E-state index contributed by atoms with van der Waals surface area (Å²) in [5.41, 5.74) is 0.320. The van der Waals surface area contributed by atoms with Crippen molar-refractivity contribution in [1.82, 2.24) is 0 Å². The Hall–Kier alpha value is -1.05. The Kier molecular flexibility index (Phi) is 4.98. The molecule has 0 aromatic rings. The van der Waals surface area contributed by atoms with Gasteiger partial charge >= 0.3 is 5.97 Å². The average Bonchev–Trinajstić information content (AvgIpc) is 1.98. The number of carbonyl (C=O) groups is 1. The highest BCUT2D eigenvalue weighted by Gasteiger charge is 2.16. The topological polar surface area (TPSA) is 26.3 Å². The highest BCUT2D eigenvalue weighted by atomic mass is 16.6. The lowest BCUT2D eigenvalue weighted by Gasteiger charge is -2.19. The summed E-state index contributed by atoms with van der Waals surface area (Å²) in [6, 6.07) is 0. The van der Waals surface area contributed by atoms with Gasteiger partial charge in [-0.1, -0.05) is 39.0 Å². The maximum Gasteiger partial charge on any atom is 0.334 e. The van der Waals surface area contributed by atoms with Crippen LogP contribution < -0.4 is 0 Å². The third-order valence-electron chi connectivity index (χ3n) is 1.66. The van der Waals surface area contributed by atoms with Crippen molar-refractivity contribution < 1.29 is 9.53 Å². The summed E-state index contributed by atoms with van der Waals surface area (Å²) in [5.74, 6) is -0.258. The zero-order valence-electron chi connectivity index (χ0n) is 11.5. The molecule has 0 N–H and O–H groups in total. The first-order chi connectivity index (χ1) is 7.01. The lowest BCUT2D eigenvalue weighted by atomic mass is 9.96. The molecule has 0 atom stereocenters. The van der Waals surface area contributed by atoms with Gasteiger partial charge in [-0.25, -0.2) is 4.79 Å². The van der Waals surface area contributed by atoms with E-state index in [0.717, 1.165) is 0 Å². The molecule has 2 heteroatoms. The molecule has 0 spiro atoms. The van der Waals surface area contributed by atoms with Gasteiger partial charge in [-0.05, 0) is 33.1 Å². The summed E-state index contributed by atoms with van der Waals surface area (Å²) in [6.45, 7) is 13.7. The Morgan fingerprint density at radius 3 is 1.94 bits per heavy atom. The van der Waals surface area contributed by atoms with Crippen LogP contribution >= 0.6 is 0 Å². The fourth-order valence-corrected chi connectivity index (χ4v) is 0.908. The molecule has 0 amide bonds. The minimum atomic E-state index is -0.431. The van der Waals surface area contributed by atoms with Crippen molar-refractivity contribution in [1.29, 1.82) is 0 Å². The molecular formula is C14H24O2. The second-order valence-corrected chi connectivity index (χ2v) is 6.08. The third kappa shape index (κ3) is 8.27. The highest BCUT2D eigenvalue weighted by molar-refractivity contribution is 5.88. The normalized spacial score (nSPS) is 14.3. The number of esters is 1. The molecule has 92 valence electrons. The SMILES string of the molecule is C/C(=C\C=C\C(C)(C)C)C(=O)OC(C)(C)C. The van der Waals surface area contributed by atoms with Gasteiger partial charge in [0, 0.05) is 5.57 Å². The zero-order valence-corrected chi connectivity index (χ0v) is 11.5. The van der Waals surface area contributed by atoms with Crippen molar-refractivity contribution in [2.75, 3.05) is 0 Å². The van der Waals surface area contributed by atoms with Crippen LogP contribution in [-0.4, -0.2) is 11.6 Å². The van der Waals surface area contributed by atoms with E-state index in [9.17, 15) is 4.79 Å². The molecular weight excluding hydrogens is 200 g/mol. The Bertz CT molecular complexity index is 296. The summed E-state index contributed by atoms with van der Waals surface area (Å²) in [6.07, 6.45) is 5.75. The van der Waals surface area contributed by atoms with Crippen LogP contribution in [0, 0.1) is 5.41 Å². The quantitative estimate of drug-likeness (QED) is 0.404. The first-order valence-electron chi connectivity index (χ1n) is 5.61. The van der Waals surface area contributed by atoms with Crippen LogP contribution in [0.2, 0.25) is 0 Å². The maximum atomic E-state index is 11.6. The molecule has 0 radical (unpaired) electrons. The Labute approximate surface area is 99.4 Å². The standard InChI is InChI=1S/C14H24O2/c1-11(9-8-10-13(2,3)4)12(15)16-14(5,6)7/h8-10H,1-7H3/b10-8+,11-9+. The van der Waals surface area contributed by atoms with Crippen LogP contribution in [0.15, 0.2) is 23.8 Å². The minimum Gasteiger partial charge on any atom is -0.457 e. The molecule has 0 aromatic heterocycles. The van der Waals surface area contributed by atoms with E-state index in [1.807, 2.05) is 26.8 Å². The Morgan fingerprint density at radius 2 is 1.56 bits per heavy atom. The van der Waals surface area contributed by atoms with Crippen LogP contribution in [0.1, 0.15) is 48.5 Å². The first-order valence-corrected chi connectivity index (χ1v) is 5.61. The van der Waals surface area contributed by atoms with Crippen LogP contribution in [0.25, 0.3) is 0 Å². The van der Waals surface area contributed by atoms with Crippen LogP contribution in [-0.2, 0) is 9.53 Å². The average molecular weight is 224 g/mol. The lowest BCUT2D eigenvalue weighted by Crippen LogP contribution is -2.24. The van der Waals surface area contributed by atoms with E-state index in [-0.39, 0.29) is 11.4 Å². The number of allylic oxidation sites excluding steroid dienone is 3. The fourth-order valence-electron chi connectivity index (χ4n) is 0.908. The van der Waals surface area contributed by atoms with Gasteiger partial charge in [0.2, 0.25) is 0 Å². The van der Waals surface area contributed by atoms with Crippen molar-refractivity contribution in [2.45, 2.75) is 54.1 Å². The van der Waals surface area contributed by atoms with E-state index >= 15 is 0 Å². The van der Waals surface area contributed by atoms with Crippen molar-refractivity contribution in [3.05, 3.63) is 23.8 Å². The molecule has 0 aliphatic rings. The summed E-state index contributed by atoms with van der Waals surface area (Å²) >= 11 is 0. The van der Waals surface area contributed by atoms with E-state index in [1.54, 1.807) is 13.0 Å². The number of hydrogen-bond acceptors (Lipinski definition) is 2. The van der Waals surface area contributed by atoms with Gasteiger partial charge in [-0.15, -0.1) is 0 Å². The van der Waals surface area contributed by atoms with E-state index < -0.39 is 5.60 Å². The monoisotopic (exact) mass is 224 g/mol. The molecule has 0 fully saturated rings. The van der Waals surface area contributed by atoms with Crippen molar-refractivity contribution in [3.8, 4) is 0 Å². The maximum absolute atomic E-state index is 11.6. The molecule has 0 heterocycles. The number of rotatable bonds is 2. The van der Waals surface area contributed by atoms with Gasteiger partial charge in [0.1, 0.15) is 5.60 Å². The summed E-state index contributed by atoms with van der Waals surface area (Å²) in [4.78, 5) is 11.6. The Morgan fingerprint density at radius 1 is 1.06 bits per heavy atom. The third-order valence-corrected chi connectivity index (χ3v) is 1.66. The Balaban J connectivity index is 4.46. The van der Waals surface area contributed by atoms with Gasteiger partial charge in [0.05, 0.1) is 0 Å². The summed E-state index contributed by atoms with van der Waals surface area (Å²) in [5, 5.41) is 0. The predicted molar refractivity (Wildman–Crippen MR) is 68.2 cm³/mol. The second kappa shape index (κ2) is 5.33. The molecule has 0 aromatic carbocycles. The summed E-state index contributed by atoms with van der Waals surface area (Å²) in [7, 11) is 0. The van der Waals surface area contributed by atoms with E-state index in [0.29, 0.717) is 5.57 Å². The van der Waals surface area contributed by atoms with Crippen LogP contribution in [0.5, 0.6) is 0 Å². The molecule has 2 nitrogen and oxygen atoms in total. The number of hydrogen-bond donors (Lipinski definition) is 0. The smallest absolute Gasteiger partial charge is 0.334 e. The number of ether oxygens (including phenoxy) is 1. The minimum absolute atomic E-state index is 0.130. The lowest BCUT2D eigenvalue weighted by molar-refractivity contribution is -0.149. The van der Waals surface area contributed by atoms with Gasteiger partial charge in [0.15, 0.2) is 0 Å². The van der Waals surface area contributed by atoms with Crippen molar-refractivity contribution >= 4 is 5.97 Å². The molecule has 0 rings (SSSR count). The predicted octanol–water partition coefficient (Wildman–Crippen LogP) is 3.88. The molecule has 0 aliphatic heterocycles. The van der Waals surface area contributed by atoms with Crippen LogP contribution in [0.3, 0.4) is 0 Å². The first kappa shape index (κ1) is 14.9. The second-order valence-electron chi connectivity index (χ2n) is 6.08.